The normalized spacial score (nSPS) is 19.5. The molecule has 1 heterocycles. The van der Waals surface area contributed by atoms with Crippen molar-refractivity contribution in [3.63, 3.8) is 0 Å². The number of benzene rings is 2. The zero-order valence-corrected chi connectivity index (χ0v) is 16.9. The zero-order valence-electron chi connectivity index (χ0n) is 16.1. The lowest BCUT2D eigenvalue weighted by atomic mass is 9.76. The van der Waals surface area contributed by atoms with E-state index in [0.717, 1.165) is 42.6 Å². The van der Waals surface area contributed by atoms with Crippen LogP contribution >= 0.6 is 11.6 Å². The summed E-state index contributed by atoms with van der Waals surface area (Å²) in [7, 11) is 0. The Bertz CT molecular complexity index is 976. The Morgan fingerprint density at radius 2 is 1.79 bits per heavy atom. The average Bonchev–Trinajstić information content (AvgIpc) is 2.70. The maximum atomic E-state index is 12.4. The summed E-state index contributed by atoms with van der Waals surface area (Å²) in [5.74, 6) is 1.11. The number of hydrogen-bond donors (Lipinski definition) is 1. The molecule has 4 heteroatoms. The molecule has 0 saturated heterocycles. The molecule has 1 N–H and O–H groups in total. The van der Waals surface area contributed by atoms with Gasteiger partial charge in [-0.25, -0.2) is 0 Å². The van der Waals surface area contributed by atoms with Gasteiger partial charge in [-0.2, -0.15) is 0 Å². The number of aryl methyl sites for hydroxylation is 1. The van der Waals surface area contributed by atoms with E-state index in [1.807, 2.05) is 12.1 Å². The summed E-state index contributed by atoms with van der Waals surface area (Å²) < 4.78 is 0. The molecule has 1 saturated carbocycles. The fourth-order valence-corrected chi connectivity index (χ4v) is 4.49. The first-order valence-corrected chi connectivity index (χ1v) is 10.4. The van der Waals surface area contributed by atoms with Crippen molar-refractivity contribution in [2.45, 2.75) is 44.9 Å². The maximum absolute atomic E-state index is 12.4. The van der Waals surface area contributed by atoms with E-state index in [4.69, 9.17) is 11.6 Å². The first-order valence-electron chi connectivity index (χ1n) is 10.00. The van der Waals surface area contributed by atoms with Crippen LogP contribution in [0.25, 0.3) is 10.9 Å². The predicted octanol–water partition coefficient (Wildman–Crippen LogP) is 6.50. The number of nitrogens with zero attached hydrogens (tertiary/aromatic N) is 1. The quantitative estimate of drug-likeness (QED) is 0.550. The minimum atomic E-state index is 0.0935. The van der Waals surface area contributed by atoms with E-state index in [1.165, 1.54) is 10.9 Å². The van der Waals surface area contributed by atoms with Gasteiger partial charge >= 0.3 is 0 Å². The van der Waals surface area contributed by atoms with E-state index in [-0.39, 0.29) is 5.91 Å². The first-order chi connectivity index (χ1) is 13.6. The summed E-state index contributed by atoms with van der Waals surface area (Å²) in [5, 5.41) is 4.94. The van der Waals surface area contributed by atoms with Gasteiger partial charge in [0.2, 0.25) is 5.91 Å². The number of rotatable bonds is 4. The van der Waals surface area contributed by atoms with E-state index in [9.17, 15) is 4.79 Å². The van der Waals surface area contributed by atoms with Crippen molar-refractivity contribution in [3.05, 3.63) is 70.9 Å². The number of carbonyl (C=O) groups excluding carboxylic acids is 1. The average molecular weight is 393 g/mol. The lowest BCUT2D eigenvalue weighted by molar-refractivity contribution is -0.117. The third kappa shape index (κ3) is 4.36. The number of pyridine rings is 1. The Hall–Kier alpha value is -2.39. The summed E-state index contributed by atoms with van der Waals surface area (Å²) in [4.78, 5) is 17.1. The minimum absolute atomic E-state index is 0.0935. The molecule has 4 rings (SSSR count). The number of amides is 1. The van der Waals surface area contributed by atoms with Crippen LogP contribution in [-0.4, -0.2) is 10.9 Å². The summed E-state index contributed by atoms with van der Waals surface area (Å²) in [5.41, 5.74) is 4.40. The standard InChI is InChI=1S/C24H25ClN2O/c1-16-14-22(21-4-2-3-5-23(21)26-16)18-8-6-17(7-9-18)15-24(28)27-20-12-10-19(25)11-13-20/h2-5,10-14,17-18H,6-9,15H2,1H3,(H,27,28). The Balaban J connectivity index is 1.37. The van der Waals surface area contributed by atoms with Crippen LogP contribution in [0.15, 0.2) is 54.6 Å². The minimum Gasteiger partial charge on any atom is -0.326 e. The Morgan fingerprint density at radius 3 is 2.54 bits per heavy atom. The molecule has 144 valence electrons. The van der Waals surface area contributed by atoms with Crippen LogP contribution in [0.4, 0.5) is 5.69 Å². The molecule has 0 unspecified atom stereocenters. The molecule has 1 amide bonds. The van der Waals surface area contributed by atoms with Gasteiger partial charge < -0.3 is 5.32 Å². The summed E-state index contributed by atoms with van der Waals surface area (Å²) >= 11 is 5.90. The Morgan fingerprint density at radius 1 is 1.07 bits per heavy atom. The van der Waals surface area contributed by atoms with Crippen molar-refractivity contribution in [3.8, 4) is 0 Å². The molecule has 0 radical (unpaired) electrons. The summed E-state index contributed by atoms with van der Waals surface area (Å²) in [6.07, 6.45) is 5.03. The van der Waals surface area contributed by atoms with E-state index in [1.54, 1.807) is 12.1 Å². The number of halogens is 1. The fraction of sp³-hybridized carbons (Fsp3) is 0.333. The second kappa shape index (κ2) is 8.32. The van der Waals surface area contributed by atoms with Crippen LogP contribution in [0.5, 0.6) is 0 Å². The number of fused-ring (bicyclic) bond motifs is 1. The van der Waals surface area contributed by atoms with Gasteiger partial charge in [0.05, 0.1) is 5.52 Å². The molecule has 3 aromatic rings. The van der Waals surface area contributed by atoms with E-state index >= 15 is 0 Å². The number of para-hydroxylation sites is 1. The number of nitrogens with one attached hydrogen (secondary N) is 1. The smallest absolute Gasteiger partial charge is 0.224 e. The number of aromatic nitrogens is 1. The van der Waals surface area contributed by atoms with E-state index in [0.29, 0.717) is 23.3 Å². The first kappa shape index (κ1) is 18.9. The molecular formula is C24H25ClN2O. The molecule has 1 aromatic heterocycles. The molecule has 3 nitrogen and oxygen atoms in total. The topological polar surface area (TPSA) is 42.0 Å². The molecule has 0 aliphatic heterocycles. The van der Waals surface area contributed by atoms with Crippen molar-refractivity contribution >= 4 is 34.1 Å². The largest absolute Gasteiger partial charge is 0.326 e. The van der Waals surface area contributed by atoms with Crippen molar-refractivity contribution in [2.75, 3.05) is 5.32 Å². The van der Waals surface area contributed by atoms with Crippen LogP contribution in [0.1, 0.15) is 49.3 Å². The van der Waals surface area contributed by atoms with Crippen LogP contribution in [0, 0.1) is 12.8 Å². The highest BCUT2D eigenvalue weighted by atomic mass is 35.5. The lowest BCUT2D eigenvalue weighted by Crippen LogP contribution is -2.20. The molecule has 0 spiro atoms. The summed E-state index contributed by atoms with van der Waals surface area (Å²) in [6, 6.07) is 17.9. The predicted molar refractivity (Wildman–Crippen MR) is 116 cm³/mol. The van der Waals surface area contributed by atoms with Gasteiger partial charge in [-0.1, -0.05) is 29.8 Å². The second-order valence-electron chi connectivity index (χ2n) is 7.85. The molecule has 1 aliphatic rings. The molecular weight excluding hydrogens is 368 g/mol. The molecule has 0 atom stereocenters. The number of carbonyl (C=O) groups is 1. The van der Waals surface area contributed by atoms with Gasteiger partial charge in [0.25, 0.3) is 0 Å². The lowest BCUT2D eigenvalue weighted by Gasteiger charge is -2.29. The van der Waals surface area contributed by atoms with E-state index < -0.39 is 0 Å². The van der Waals surface area contributed by atoms with Gasteiger partial charge in [-0.15, -0.1) is 0 Å². The number of anilines is 1. The molecule has 1 fully saturated rings. The van der Waals surface area contributed by atoms with Gasteiger partial charge in [-0.05, 0) is 86.4 Å². The van der Waals surface area contributed by atoms with Gasteiger partial charge in [-0.3, -0.25) is 9.78 Å². The Kier molecular flexibility index (Phi) is 5.63. The second-order valence-corrected chi connectivity index (χ2v) is 8.28. The van der Waals surface area contributed by atoms with Crippen molar-refractivity contribution in [1.82, 2.24) is 4.98 Å². The third-order valence-electron chi connectivity index (χ3n) is 5.76. The zero-order chi connectivity index (χ0) is 19.5. The van der Waals surface area contributed by atoms with Gasteiger partial charge in [0.1, 0.15) is 0 Å². The molecule has 1 aliphatic carbocycles. The highest BCUT2D eigenvalue weighted by Gasteiger charge is 2.25. The third-order valence-corrected chi connectivity index (χ3v) is 6.02. The maximum Gasteiger partial charge on any atom is 0.224 e. The van der Waals surface area contributed by atoms with Crippen LogP contribution in [0.3, 0.4) is 0 Å². The molecule has 28 heavy (non-hydrogen) atoms. The van der Waals surface area contributed by atoms with Crippen LogP contribution in [0.2, 0.25) is 5.02 Å². The van der Waals surface area contributed by atoms with Gasteiger partial charge in [0, 0.05) is 28.2 Å². The van der Waals surface area contributed by atoms with E-state index in [2.05, 4.69) is 47.6 Å². The van der Waals surface area contributed by atoms with Crippen LogP contribution < -0.4 is 5.32 Å². The SMILES string of the molecule is Cc1cc(C2CCC(CC(=O)Nc3ccc(Cl)cc3)CC2)c2ccccc2n1. The summed E-state index contributed by atoms with van der Waals surface area (Å²) in [6.45, 7) is 2.07. The Labute approximate surface area is 171 Å². The fourth-order valence-electron chi connectivity index (χ4n) is 4.36. The highest BCUT2D eigenvalue weighted by molar-refractivity contribution is 6.30. The number of hydrogen-bond acceptors (Lipinski definition) is 2. The highest BCUT2D eigenvalue weighted by Crippen LogP contribution is 2.39. The van der Waals surface area contributed by atoms with Crippen LogP contribution in [-0.2, 0) is 4.79 Å². The van der Waals surface area contributed by atoms with Crippen molar-refractivity contribution < 1.29 is 4.79 Å². The monoisotopic (exact) mass is 392 g/mol. The van der Waals surface area contributed by atoms with Crippen molar-refractivity contribution in [2.24, 2.45) is 5.92 Å². The molecule has 2 aromatic carbocycles. The van der Waals surface area contributed by atoms with Gasteiger partial charge in [0.15, 0.2) is 0 Å². The van der Waals surface area contributed by atoms with Crippen molar-refractivity contribution in [1.29, 1.82) is 0 Å². The molecule has 0 bridgehead atoms.